The Kier molecular flexibility index (Phi) is 4.73. The summed E-state index contributed by atoms with van der Waals surface area (Å²) in [5.41, 5.74) is 2.54. The summed E-state index contributed by atoms with van der Waals surface area (Å²) >= 11 is 0. The molecular formula is C25H26N4O4S. The summed E-state index contributed by atoms with van der Waals surface area (Å²) in [6.07, 6.45) is 4.56. The summed E-state index contributed by atoms with van der Waals surface area (Å²) in [7, 11) is -3.55. The maximum atomic E-state index is 13.2. The number of nitrogens with zero attached hydrogens (tertiary/aromatic N) is 3. The van der Waals surface area contributed by atoms with Crippen molar-refractivity contribution >= 4 is 20.9 Å². The molecule has 6 rings (SSSR count). The Balaban J connectivity index is 1.69. The smallest absolute Gasteiger partial charge is 0.156 e. The van der Waals surface area contributed by atoms with E-state index >= 15 is 0 Å². The van der Waals surface area contributed by atoms with Crippen molar-refractivity contribution < 1.29 is 18.0 Å². The van der Waals surface area contributed by atoms with Crippen molar-refractivity contribution in [2.45, 2.75) is 56.3 Å². The van der Waals surface area contributed by atoms with Gasteiger partial charge in [-0.2, -0.15) is 0 Å². The lowest BCUT2D eigenvalue weighted by atomic mass is 9.82. The molecule has 0 bridgehead atoms. The molecule has 0 spiro atoms. The quantitative estimate of drug-likeness (QED) is 0.446. The van der Waals surface area contributed by atoms with Gasteiger partial charge in [0, 0.05) is 23.2 Å². The summed E-state index contributed by atoms with van der Waals surface area (Å²) in [5, 5.41) is 15.6. The topological polar surface area (TPSA) is 122 Å². The van der Waals surface area contributed by atoms with Crippen LogP contribution >= 0.6 is 0 Å². The molecule has 8 nitrogen and oxygen atoms in total. The van der Waals surface area contributed by atoms with Crippen LogP contribution < -0.4 is 0 Å². The fourth-order valence-electron chi connectivity index (χ4n) is 5.34. The van der Waals surface area contributed by atoms with E-state index in [-0.39, 0.29) is 5.75 Å². The summed E-state index contributed by atoms with van der Waals surface area (Å²) < 4.78 is 31.8. The first-order valence-corrected chi connectivity index (χ1v) is 13.3. The van der Waals surface area contributed by atoms with Gasteiger partial charge in [-0.25, -0.2) is 13.4 Å². The first kappa shape index (κ1) is 21.5. The van der Waals surface area contributed by atoms with Gasteiger partial charge in [-0.05, 0) is 69.4 Å². The zero-order chi connectivity index (χ0) is 23.7. The summed E-state index contributed by atoms with van der Waals surface area (Å²) in [6, 6.07) is 9.03. The molecule has 0 radical (unpaired) electrons. The van der Waals surface area contributed by atoms with E-state index in [4.69, 9.17) is 9.51 Å². The number of hydrogen-bond acceptors (Lipinski definition) is 7. The number of aryl methyl sites for hydroxylation is 2. The zero-order valence-electron chi connectivity index (χ0n) is 19.1. The minimum absolute atomic E-state index is 0.0490. The van der Waals surface area contributed by atoms with Crippen LogP contribution in [-0.4, -0.2) is 44.6 Å². The second-order valence-corrected chi connectivity index (χ2v) is 11.8. The molecule has 3 aromatic heterocycles. The maximum Gasteiger partial charge on any atom is 0.156 e. The minimum Gasteiger partial charge on any atom is -0.377 e. The first-order chi connectivity index (χ1) is 16.3. The number of aromatic amines is 1. The van der Waals surface area contributed by atoms with Crippen LogP contribution in [0.3, 0.4) is 0 Å². The second-order valence-electron chi connectivity index (χ2n) is 9.49. The number of pyridine rings is 1. The maximum absolute atomic E-state index is 13.2. The Bertz CT molecular complexity index is 1490. The van der Waals surface area contributed by atoms with Crippen LogP contribution in [-0.2, 0) is 15.4 Å². The van der Waals surface area contributed by atoms with E-state index in [2.05, 4.69) is 15.1 Å². The molecule has 1 aliphatic carbocycles. The van der Waals surface area contributed by atoms with E-state index in [0.29, 0.717) is 41.3 Å². The van der Waals surface area contributed by atoms with Gasteiger partial charge in [0.2, 0.25) is 0 Å². The first-order valence-electron chi connectivity index (χ1n) is 11.6. The van der Waals surface area contributed by atoms with Crippen molar-refractivity contribution in [3.05, 3.63) is 65.1 Å². The van der Waals surface area contributed by atoms with E-state index in [1.807, 2.05) is 26.0 Å². The highest BCUT2D eigenvalue weighted by molar-refractivity contribution is 7.92. The van der Waals surface area contributed by atoms with Crippen LogP contribution in [0.4, 0.5) is 0 Å². The van der Waals surface area contributed by atoms with Crippen LogP contribution in [0.15, 0.2) is 41.1 Å². The summed E-state index contributed by atoms with van der Waals surface area (Å²) in [5.74, 6) is 1.93. The average molecular weight is 479 g/mol. The van der Waals surface area contributed by atoms with Crippen LogP contribution in [0.25, 0.3) is 22.2 Å². The van der Waals surface area contributed by atoms with E-state index in [0.717, 1.165) is 41.0 Å². The number of benzene rings is 1. The number of hydrogen-bond donors (Lipinski definition) is 2. The highest BCUT2D eigenvalue weighted by Crippen LogP contribution is 2.46. The van der Waals surface area contributed by atoms with Gasteiger partial charge in [-0.3, -0.25) is 4.98 Å². The number of imidazole rings is 1. The van der Waals surface area contributed by atoms with Gasteiger partial charge in [0.1, 0.15) is 16.8 Å². The standard InChI is InChI=1S/C25H26N4O4S/c1-14-22(15(2)33-29-14)17-12-18(23-19(13-17)27-24(28-23)16-8-9-16)25(30,20-6-3-4-10-26-20)21-7-5-11-34(21,31)32/h3-4,6,10,12-13,16,21,30H,5,7-9,11H2,1-2H3,(H,27,28). The van der Waals surface area contributed by atoms with Crippen LogP contribution in [0, 0.1) is 13.8 Å². The van der Waals surface area contributed by atoms with E-state index in [1.54, 1.807) is 24.4 Å². The zero-order valence-corrected chi connectivity index (χ0v) is 19.9. The van der Waals surface area contributed by atoms with E-state index in [9.17, 15) is 13.5 Å². The Morgan fingerprint density at radius 1 is 1.18 bits per heavy atom. The molecule has 1 saturated heterocycles. The minimum atomic E-state index is -3.55. The number of aliphatic hydroxyl groups is 1. The summed E-state index contributed by atoms with van der Waals surface area (Å²) in [6.45, 7) is 3.71. The molecule has 4 aromatic rings. The van der Waals surface area contributed by atoms with Gasteiger partial charge in [0.25, 0.3) is 0 Å². The fraction of sp³-hybridized carbons (Fsp3) is 0.400. The van der Waals surface area contributed by atoms with Gasteiger partial charge in [0.05, 0.1) is 28.2 Å². The van der Waals surface area contributed by atoms with Crippen LogP contribution in [0.1, 0.15) is 60.1 Å². The van der Waals surface area contributed by atoms with E-state index < -0.39 is 20.7 Å². The van der Waals surface area contributed by atoms with Crippen molar-refractivity contribution in [1.82, 2.24) is 20.1 Å². The number of fused-ring (bicyclic) bond motifs is 1. The number of aromatic nitrogens is 4. The fourth-order valence-corrected chi connectivity index (χ4v) is 7.49. The van der Waals surface area contributed by atoms with Crippen LogP contribution in [0.2, 0.25) is 0 Å². The highest BCUT2D eigenvalue weighted by Gasteiger charge is 2.52. The third-order valence-corrected chi connectivity index (χ3v) is 9.45. The van der Waals surface area contributed by atoms with Crippen molar-refractivity contribution in [2.24, 2.45) is 0 Å². The normalized spacial score (nSPS) is 21.7. The molecule has 1 saturated carbocycles. The largest absolute Gasteiger partial charge is 0.377 e. The molecule has 176 valence electrons. The molecule has 2 atom stereocenters. The van der Waals surface area contributed by atoms with Gasteiger partial charge < -0.3 is 14.6 Å². The number of nitrogens with one attached hydrogen (secondary N) is 1. The molecule has 2 N–H and O–H groups in total. The van der Waals surface area contributed by atoms with Gasteiger partial charge in [-0.1, -0.05) is 11.2 Å². The third-order valence-electron chi connectivity index (χ3n) is 7.15. The number of H-pyrrole nitrogens is 1. The molecular weight excluding hydrogens is 452 g/mol. The number of sulfone groups is 1. The second kappa shape index (κ2) is 7.48. The summed E-state index contributed by atoms with van der Waals surface area (Å²) in [4.78, 5) is 12.7. The highest BCUT2D eigenvalue weighted by atomic mass is 32.2. The Morgan fingerprint density at radius 2 is 2.00 bits per heavy atom. The lowest BCUT2D eigenvalue weighted by Gasteiger charge is -2.33. The van der Waals surface area contributed by atoms with E-state index in [1.165, 1.54) is 0 Å². The molecule has 2 aliphatic rings. The third kappa shape index (κ3) is 3.21. The predicted molar refractivity (Wildman–Crippen MR) is 127 cm³/mol. The Morgan fingerprint density at radius 3 is 2.62 bits per heavy atom. The molecule has 1 aromatic carbocycles. The molecule has 4 heterocycles. The lowest BCUT2D eigenvalue weighted by Crippen LogP contribution is -2.44. The van der Waals surface area contributed by atoms with Crippen molar-refractivity contribution in [1.29, 1.82) is 0 Å². The van der Waals surface area contributed by atoms with Crippen molar-refractivity contribution in [3.8, 4) is 11.1 Å². The molecule has 1 aliphatic heterocycles. The molecule has 9 heteroatoms. The molecule has 34 heavy (non-hydrogen) atoms. The number of rotatable bonds is 5. The van der Waals surface area contributed by atoms with Gasteiger partial charge in [0.15, 0.2) is 15.4 Å². The predicted octanol–water partition coefficient (Wildman–Crippen LogP) is 3.92. The molecule has 2 fully saturated rings. The SMILES string of the molecule is Cc1noc(C)c1-c1cc(C(O)(c2ccccn2)C2CCCS2(=O)=O)c2nc(C3CC3)[nH]c2c1. The molecule has 2 unspecified atom stereocenters. The monoisotopic (exact) mass is 478 g/mol. The van der Waals surface area contributed by atoms with Crippen molar-refractivity contribution in [2.75, 3.05) is 5.75 Å². The van der Waals surface area contributed by atoms with Crippen molar-refractivity contribution in [3.63, 3.8) is 0 Å². The van der Waals surface area contributed by atoms with Gasteiger partial charge >= 0.3 is 0 Å². The molecule has 0 amide bonds. The lowest BCUT2D eigenvalue weighted by molar-refractivity contribution is 0.0715. The van der Waals surface area contributed by atoms with Crippen LogP contribution in [0.5, 0.6) is 0 Å². The average Bonchev–Trinajstić information content (AvgIpc) is 3.35. The Labute approximate surface area is 197 Å². The van der Waals surface area contributed by atoms with Gasteiger partial charge in [-0.15, -0.1) is 0 Å². The Hall–Kier alpha value is -3.04.